The zero-order valence-corrected chi connectivity index (χ0v) is 10.2. The molecule has 0 spiro atoms. The highest BCUT2D eigenvalue weighted by molar-refractivity contribution is 6.33. The average Bonchev–Trinajstić information content (AvgIpc) is 2.63. The van der Waals surface area contributed by atoms with Crippen LogP contribution in [-0.4, -0.2) is 36.6 Å². The van der Waals surface area contributed by atoms with Crippen molar-refractivity contribution in [3.63, 3.8) is 0 Å². The van der Waals surface area contributed by atoms with E-state index in [-0.39, 0.29) is 0 Å². The maximum Gasteiger partial charge on any atom is 0.144 e. The SMILES string of the molecule is CN1CCC(CNc2ncc(N)cc2Cl)C1. The second kappa shape index (κ2) is 4.89. The summed E-state index contributed by atoms with van der Waals surface area (Å²) in [6, 6.07) is 1.72. The average molecular weight is 241 g/mol. The largest absolute Gasteiger partial charge is 0.397 e. The van der Waals surface area contributed by atoms with Crippen LogP contribution in [0.4, 0.5) is 11.5 Å². The molecule has 1 aliphatic rings. The molecule has 2 rings (SSSR count). The van der Waals surface area contributed by atoms with Crippen LogP contribution in [0.25, 0.3) is 0 Å². The van der Waals surface area contributed by atoms with Crippen LogP contribution in [0.15, 0.2) is 12.3 Å². The van der Waals surface area contributed by atoms with Gasteiger partial charge < -0.3 is 16.0 Å². The van der Waals surface area contributed by atoms with Crippen molar-refractivity contribution in [1.82, 2.24) is 9.88 Å². The van der Waals surface area contributed by atoms with Crippen LogP contribution in [0.1, 0.15) is 6.42 Å². The Bertz CT molecular complexity index is 369. The normalized spacial score (nSPS) is 21.2. The first-order valence-electron chi connectivity index (χ1n) is 5.48. The van der Waals surface area contributed by atoms with Gasteiger partial charge in [-0.25, -0.2) is 4.98 Å². The minimum Gasteiger partial charge on any atom is -0.397 e. The molecule has 5 heteroatoms. The van der Waals surface area contributed by atoms with Gasteiger partial charge in [0.25, 0.3) is 0 Å². The van der Waals surface area contributed by atoms with Crippen LogP contribution in [-0.2, 0) is 0 Å². The number of anilines is 2. The molecule has 1 fully saturated rings. The second-order valence-electron chi connectivity index (χ2n) is 4.40. The lowest BCUT2D eigenvalue weighted by molar-refractivity contribution is 0.399. The van der Waals surface area contributed by atoms with Crippen molar-refractivity contribution >= 4 is 23.1 Å². The molecule has 0 amide bonds. The number of nitrogens with two attached hydrogens (primary N) is 1. The van der Waals surface area contributed by atoms with Crippen LogP contribution >= 0.6 is 11.6 Å². The molecule has 2 heterocycles. The van der Waals surface area contributed by atoms with Crippen LogP contribution < -0.4 is 11.1 Å². The van der Waals surface area contributed by atoms with Gasteiger partial charge in [0, 0.05) is 13.1 Å². The van der Waals surface area contributed by atoms with E-state index in [2.05, 4.69) is 22.2 Å². The number of hydrogen-bond donors (Lipinski definition) is 2. The van der Waals surface area contributed by atoms with Crippen molar-refractivity contribution in [3.05, 3.63) is 17.3 Å². The van der Waals surface area contributed by atoms with Gasteiger partial charge in [-0.3, -0.25) is 0 Å². The van der Waals surface area contributed by atoms with Gasteiger partial charge in [-0.2, -0.15) is 0 Å². The number of rotatable bonds is 3. The van der Waals surface area contributed by atoms with Gasteiger partial charge in [0.15, 0.2) is 0 Å². The number of pyridine rings is 1. The third kappa shape index (κ3) is 2.77. The van der Waals surface area contributed by atoms with Crippen LogP contribution in [0.5, 0.6) is 0 Å². The van der Waals surface area contributed by atoms with E-state index in [1.165, 1.54) is 13.0 Å². The second-order valence-corrected chi connectivity index (χ2v) is 4.80. The summed E-state index contributed by atoms with van der Waals surface area (Å²) in [4.78, 5) is 6.51. The summed E-state index contributed by atoms with van der Waals surface area (Å²) >= 11 is 6.03. The molecule has 1 aliphatic heterocycles. The topological polar surface area (TPSA) is 54.2 Å². The van der Waals surface area contributed by atoms with E-state index in [1.807, 2.05) is 0 Å². The fraction of sp³-hybridized carbons (Fsp3) is 0.545. The zero-order chi connectivity index (χ0) is 11.5. The first kappa shape index (κ1) is 11.5. The van der Waals surface area contributed by atoms with E-state index in [0.29, 0.717) is 16.6 Å². The molecule has 1 aromatic heterocycles. The molecular weight excluding hydrogens is 224 g/mol. The Morgan fingerprint density at radius 2 is 2.50 bits per heavy atom. The van der Waals surface area contributed by atoms with Gasteiger partial charge >= 0.3 is 0 Å². The van der Waals surface area contributed by atoms with Gasteiger partial charge in [-0.05, 0) is 32.0 Å². The van der Waals surface area contributed by atoms with E-state index >= 15 is 0 Å². The van der Waals surface area contributed by atoms with E-state index in [9.17, 15) is 0 Å². The molecule has 3 N–H and O–H groups in total. The summed E-state index contributed by atoms with van der Waals surface area (Å²) in [7, 11) is 2.15. The Hall–Kier alpha value is -1.00. The number of likely N-dealkylation sites (tertiary alicyclic amines) is 1. The van der Waals surface area contributed by atoms with Crippen LogP contribution in [0, 0.1) is 5.92 Å². The molecule has 1 atom stereocenters. The molecule has 0 aromatic carbocycles. The summed E-state index contributed by atoms with van der Waals surface area (Å²) in [6.07, 6.45) is 2.85. The summed E-state index contributed by atoms with van der Waals surface area (Å²) in [5.74, 6) is 1.41. The van der Waals surface area contributed by atoms with Crippen molar-refractivity contribution < 1.29 is 0 Å². The number of aromatic nitrogens is 1. The number of nitrogen functional groups attached to an aromatic ring is 1. The summed E-state index contributed by atoms with van der Waals surface area (Å²) < 4.78 is 0. The molecule has 0 saturated carbocycles. The third-order valence-electron chi connectivity index (χ3n) is 2.91. The van der Waals surface area contributed by atoms with Crippen molar-refractivity contribution in [1.29, 1.82) is 0 Å². The van der Waals surface area contributed by atoms with E-state index in [1.54, 1.807) is 12.3 Å². The molecule has 1 unspecified atom stereocenters. The Kier molecular flexibility index (Phi) is 3.51. The Morgan fingerprint density at radius 3 is 3.12 bits per heavy atom. The number of halogens is 1. The molecule has 0 aliphatic carbocycles. The Labute approximate surface area is 101 Å². The molecule has 16 heavy (non-hydrogen) atoms. The van der Waals surface area contributed by atoms with Gasteiger partial charge in [0.1, 0.15) is 5.82 Å². The number of nitrogens with zero attached hydrogens (tertiary/aromatic N) is 2. The Morgan fingerprint density at radius 1 is 1.69 bits per heavy atom. The van der Waals surface area contributed by atoms with E-state index < -0.39 is 0 Å². The molecular formula is C11H17ClN4. The molecule has 4 nitrogen and oxygen atoms in total. The standard InChI is InChI=1S/C11H17ClN4/c1-16-3-2-8(7-16)5-14-11-10(12)4-9(13)6-15-11/h4,6,8H,2-3,5,7,13H2,1H3,(H,14,15). The predicted octanol–water partition coefficient (Wildman–Crippen LogP) is 1.68. The summed E-state index contributed by atoms with van der Waals surface area (Å²) in [5.41, 5.74) is 6.18. The summed E-state index contributed by atoms with van der Waals surface area (Å²) in [6.45, 7) is 3.23. The minimum atomic E-state index is 0.589. The molecule has 88 valence electrons. The lowest BCUT2D eigenvalue weighted by Crippen LogP contribution is -2.19. The fourth-order valence-electron chi connectivity index (χ4n) is 2.02. The lowest BCUT2D eigenvalue weighted by Gasteiger charge is -2.13. The van der Waals surface area contributed by atoms with Crippen molar-refractivity contribution in [2.45, 2.75) is 6.42 Å². The monoisotopic (exact) mass is 240 g/mol. The zero-order valence-electron chi connectivity index (χ0n) is 9.41. The highest BCUT2D eigenvalue weighted by Crippen LogP contribution is 2.22. The fourth-order valence-corrected chi connectivity index (χ4v) is 2.26. The molecule has 1 aromatic rings. The number of hydrogen-bond acceptors (Lipinski definition) is 4. The van der Waals surface area contributed by atoms with Crippen molar-refractivity contribution in [2.24, 2.45) is 5.92 Å². The predicted molar refractivity (Wildman–Crippen MR) is 67.8 cm³/mol. The van der Waals surface area contributed by atoms with Gasteiger partial charge in [-0.15, -0.1) is 0 Å². The quantitative estimate of drug-likeness (QED) is 0.844. The van der Waals surface area contributed by atoms with E-state index in [4.69, 9.17) is 17.3 Å². The first-order valence-corrected chi connectivity index (χ1v) is 5.86. The molecule has 0 radical (unpaired) electrons. The molecule has 0 bridgehead atoms. The van der Waals surface area contributed by atoms with Crippen LogP contribution in [0.3, 0.4) is 0 Å². The molecule has 1 saturated heterocycles. The Balaban J connectivity index is 1.89. The number of nitrogens with one attached hydrogen (secondary N) is 1. The van der Waals surface area contributed by atoms with Crippen molar-refractivity contribution in [3.8, 4) is 0 Å². The highest BCUT2D eigenvalue weighted by atomic mass is 35.5. The maximum atomic E-state index is 6.03. The maximum absolute atomic E-state index is 6.03. The van der Waals surface area contributed by atoms with Crippen LogP contribution in [0.2, 0.25) is 5.02 Å². The summed E-state index contributed by atoms with van der Waals surface area (Å²) in [5, 5.41) is 3.87. The van der Waals surface area contributed by atoms with Gasteiger partial charge in [0.05, 0.1) is 16.9 Å². The van der Waals surface area contributed by atoms with Crippen molar-refractivity contribution in [2.75, 3.05) is 37.7 Å². The lowest BCUT2D eigenvalue weighted by atomic mass is 10.1. The highest BCUT2D eigenvalue weighted by Gasteiger charge is 2.19. The van der Waals surface area contributed by atoms with Gasteiger partial charge in [0.2, 0.25) is 0 Å². The first-order chi connectivity index (χ1) is 7.65. The third-order valence-corrected chi connectivity index (χ3v) is 3.20. The smallest absolute Gasteiger partial charge is 0.144 e. The van der Waals surface area contributed by atoms with Gasteiger partial charge in [-0.1, -0.05) is 11.6 Å². The van der Waals surface area contributed by atoms with E-state index in [0.717, 1.165) is 18.9 Å². The minimum absolute atomic E-state index is 0.589.